The third-order valence-corrected chi connectivity index (χ3v) is 9.05. The quantitative estimate of drug-likeness (QED) is 0.287. The SMILES string of the molecule is C/C=C/C=C/C(=O)[Si](c1ccccc1)(c1ccccc1)c1ccccc1. The fourth-order valence-electron chi connectivity index (χ4n) is 3.37. The van der Waals surface area contributed by atoms with Crippen LogP contribution in [0, 0.1) is 0 Å². The van der Waals surface area contributed by atoms with E-state index < -0.39 is 8.07 Å². The number of carbonyl (C=O) groups excluding carboxylic acids is 1. The fourth-order valence-corrected chi connectivity index (χ4v) is 7.65. The smallest absolute Gasteiger partial charge is 0.229 e. The summed E-state index contributed by atoms with van der Waals surface area (Å²) in [6, 6.07) is 30.7. The van der Waals surface area contributed by atoms with E-state index in [9.17, 15) is 4.79 Å². The van der Waals surface area contributed by atoms with Crippen LogP contribution in [-0.4, -0.2) is 13.5 Å². The van der Waals surface area contributed by atoms with Crippen molar-refractivity contribution in [2.24, 2.45) is 0 Å². The van der Waals surface area contributed by atoms with Gasteiger partial charge in [0, 0.05) is 0 Å². The second kappa shape index (κ2) is 8.41. The minimum Gasteiger partial charge on any atom is -0.299 e. The van der Waals surface area contributed by atoms with Crippen molar-refractivity contribution >= 4 is 29.0 Å². The van der Waals surface area contributed by atoms with Crippen LogP contribution < -0.4 is 15.6 Å². The van der Waals surface area contributed by atoms with Crippen LogP contribution in [-0.2, 0) is 4.79 Å². The van der Waals surface area contributed by atoms with Crippen molar-refractivity contribution in [1.82, 2.24) is 0 Å². The Morgan fingerprint density at radius 1 is 0.654 bits per heavy atom. The second-order valence-electron chi connectivity index (χ2n) is 6.10. The first-order chi connectivity index (χ1) is 12.8. The van der Waals surface area contributed by atoms with Crippen molar-refractivity contribution in [3.63, 3.8) is 0 Å². The van der Waals surface area contributed by atoms with Gasteiger partial charge in [0.1, 0.15) is 5.41 Å². The van der Waals surface area contributed by atoms with Crippen LogP contribution in [0.2, 0.25) is 0 Å². The molecule has 128 valence electrons. The van der Waals surface area contributed by atoms with Crippen LogP contribution in [0.5, 0.6) is 0 Å². The Hall–Kier alpha value is -2.97. The zero-order chi connectivity index (χ0) is 18.2. The van der Waals surface area contributed by atoms with E-state index in [0.29, 0.717) is 0 Å². The molecule has 0 aromatic heterocycles. The first-order valence-electron chi connectivity index (χ1n) is 8.80. The molecule has 0 bridgehead atoms. The van der Waals surface area contributed by atoms with Crippen LogP contribution in [0.15, 0.2) is 115 Å². The maximum Gasteiger partial charge on any atom is 0.229 e. The van der Waals surface area contributed by atoms with Gasteiger partial charge in [0.2, 0.25) is 8.07 Å². The normalized spacial score (nSPS) is 11.9. The molecule has 3 rings (SSSR count). The van der Waals surface area contributed by atoms with Gasteiger partial charge in [-0.1, -0.05) is 109 Å². The zero-order valence-electron chi connectivity index (χ0n) is 14.9. The molecule has 0 N–H and O–H groups in total. The van der Waals surface area contributed by atoms with Gasteiger partial charge < -0.3 is 0 Å². The minimum absolute atomic E-state index is 0.180. The summed E-state index contributed by atoms with van der Waals surface area (Å²) in [5, 5.41) is 3.49. The van der Waals surface area contributed by atoms with Gasteiger partial charge in [0.05, 0.1) is 0 Å². The lowest BCUT2D eigenvalue weighted by molar-refractivity contribution is -0.108. The summed E-state index contributed by atoms with van der Waals surface area (Å²) >= 11 is 0. The maximum atomic E-state index is 13.7. The molecule has 3 aromatic carbocycles. The third kappa shape index (κ3) is 3.37. The summed E-state index contributed by atoms with van der Waals surface area (Å²) in [5.41, 5.74) is 0. The van der Waals surface area contributed by atoms with Gasteiger partial charge in [-0.15, -0.1) is 0 Å². The first-order valence-corrected chi connectivity index (χ1v) is 10.8. The zero-order valence-corrected chi connectivity index (χ0v) is 15.9. The third-order valence-electron chi connectivity index (χ3n) is 4.54. The van der Waals surface area contributed by atoms with Gasteiger partial charge in [-0.05, 0) is 28.6 Å². The summed E-state index contributed by atoms with van der Waals surface area (Å²) in [7, 11) is -2.84. The van der Waals surface area contributed by atoms with Crippen molar-refractivity contribution in [2.75, 3.05) is 0 Å². The molecule has 0 atom stereocenters. The molecule has 2 heteroatoms. The number of hydrogen-bond donors (Lipinski definition) is 0. The van der Waals surface area contributed by atoms with Crippen molar-refractivity contribution in [3.05, 3.63) is 115 Å². The fraction of sp³-hybridized carbons (Fsp3) is 0.0417. The van der Waals surface area contributed by atoms with E-state index >= 15 is 0 Å². The van der Waals surface area contributed by atoms with Gasteiger partial charge in [0.25, 0.3) is 0 Å². The van der Waals surface area contributed by atoms with E-state index in [-0.39, 0.29) is 5.41 Å². The molecule has 26 heavy (non-hydrogen) atoms. The summed E-state index contributed by atoms with van der Waals surface area (Å²) in [6.07, 6.45) is 7.41. The Morgan fingerprint density at radius 3 is 1.38 bits per heavy atom. The molecule has 1 nitrogen and oxygen atoms in total. The molecule has 0 saturated heterocycles. The Morgan fingerprint density at radius 2 is 1.04 bits per heavy atom. The Kier molecular flexibility index (Phi) is 5.77. The van der Waals surface area contributed by atoms with Crippen molar-refractivity contribution < 1.29 is 4.79 Å². The Labute approximate surface area is 156 Å². The molecule has 0 fully saturated rings. The predicted molar refractivity (Wildman–Crippen MR) is 113 cm³/mol. The average molecular weight is 355 g/mol. The van der Waals surface area contributed by atoms with E-state index in [2.05, 4.69) is 36.4 Å². The number of rotatable bonds is 6. The molecule has 0 amide bonds. The lowest BCUT2D eigenvalue weighted by Gasteiger charge is -2.30. The molecule has 0 unspecified atom stereocenters. The molecular formula is C24H22OSi. The van der Waals surface area contributed by atoms with Gasteiger partial charge in [-0.2, -0.15) is 0 Å². The molecule has 3 aromatic rings. The highest BCUT2D eigenvalue weighted by atomic mass is 28.3. The van der Waals surface area contributed by atoms with E-state index in [1.165, 1.54) is 0 Å². The van der Waals surface area contributed by atoms with Gasteiger partial charge in [0.15, 0.2) is 0 Å². The molecule has 0 saturated carbocycles. The molecule has 0 spiro atoms. The van der Waals surface area contributed by atoms with Crippen LogP contribution >= 0.6 is 0 Å². The molecule has 0 radical (unpaired) electrons. The Balaban J connectivity index is 2.33. The number of allylic oxidation sites excluding steroid dienone is 4. The van der Waals surface area contributed by atoms with E-state index in [4.69, 9.17) is 0 Å². The van der Waals surface area contributed by atoms with Crippen LogP contribution in [0.3, 0.4) is 0 Å². The van der Waals surface area contributed by atoms with Crippen LogP contribution in [0.4, 0.5) is 0 Å². The lowest BCUT2D eigenvalue weighted by atomic mass is 10.3. The van der Waals surface area contributed by atoms with Crippen molar-refractivity contribution in [1.29, 1.82) is 0 Å². The van der Waals surface area contributed by atoms with Gasteiger partial charge in [-0.3, -0.25) is 4.79 Å². The largest absolute Gasteiger partial charge is 0.299 e. The molecule has 0 aliphatic carbocycles. The monoisotopic (exact) mass is 354 g/mol. The summed E-state index contributed by atoms with van der Waals surface area (Å²) in [4.78, 5) is 13.7. The van der Waals surface area contributed by atoms with Gasteiger partial charge in [-0.25, -0.2) is 0 Å². The van der Waals surface area contributed by atoms with Gasteiger partial charge >= 0.3 is 0 Å². The first kappa shape index (κ1) is 17.8. The second-order valence-corrected chi connectivity index (χ2v) is 9.82. The Bertz CT molecular complexity index is 800. The number of benzene rings is 3. The summed E-state index contributed by atoms with van der Waals surface area (Å²) < 4.78 is 0. The number of carbonyl (C=O) groups is 1. The maximum absolute atomic E-state index is 13.7. The lowest BCUT2D eigenvalue weighted by Crippen LogP contribution is -2.72. The minimum atomic E-state index is -2.84. The van der Waals surface area contributed by atoms with Crippen molar-refractivity contribution in [3.8, 4) is 0 Å². The molecule has 0 aliphatic rings. The summed E-state index contributed by atoms with van der Waals surface area (Å²) in [6.45, 7) is 1.95. The van der Waals surface area contributed by atoms with Crippen LogP contribution in [0.25, 0.3) is 0 Å². The highest BCUT2D eigenvalue weighted by molar-refractivity contribution is 7.30. The standard InChI is InChI=1S/C24H22OSi/c1-2-3-7-20-24(25)26(21-14-8-4-9-15-21,22-16-10-5-11-17-22)23-18-12-6-13-19-23/h2-20H,1H3/b3-2+,20-7+. The average Bonchev–Trinajstić information content (AvgIpc) is 2.71. The highest BCUT2D eigenvalue weighted by Gasteiger charge is 2.45. The van der Waals surface area contributed by atoms with E-state index in [1.54, 1.807) is 6.08 Å². The van der Waals surface area contributed by atoms with Crippen molar-refractivity contribution in [2.45, 2.75) is 6.92 Å². The van der Waals surface area contributed by atoms with E-state index in [1.807, 2.05) is 79.7 Å². The molecule has 0 aliphatic heterocycles. The molecule has 0 heterocycles. The molecular weight excluding hydrogens is 332 g/mol. The van der Waals surface area contributed by atoms with Crippen LogP contribution in [0.1, 0.15) is 6.92 Å². The topological polar surface area (TPSA) is 17.1 Å². The summed E-state index contributed by atoms with van der Waals surface area (Å²) in [5.74, 6) is 0. The van der Waals surface area contributed by atoms with E-state index in [0.717, 1.165) is 15.6 Å². The number of hydrogen-bond acceptors (Lipinski definition) is 1. The highest BCUT2D eigenvalue weighted by Crippen LogP contribution is 2.10. The predicted octanol–water partition coefficient (Wildman–Crippen LogP) is 3.40.